The van der Waals surface area contributed by atoms with Gasteiger partial charge in [0.15, 0.2) is 0 Å². The van der Waals surface area contributed by atoms with Crippen molar-refractivity contribution in [3.8, 4) is 0 Å². The minimum atomic E-state index is 0.467. The molecule has 4 nitrogen and oxygen atoms in total. The molecule has 0 amide bonds. The second-order valence-corrected chi connectivity index (χ2v) is 6.27. The van der Waals surface area contributed by atoms with Crippen molar-refractivity contribution in [3.05, 3.63) is 11.4 Å². The summed E-state index contributed by atoms with van der Waals surface area (Å²) in [5.74, 6) is 0. The van der Waals surface area contributed by atoms with Gasteiger partial charge in [0.25, 0.3) is 0 Å². The lowest BCUT2D eigenvalue weighted by molar-refractivity contribution is 0.170. The Bertz CT molecular complexity index is 408. The highest BCUT2D eigenvalue weighted by Gasteiger charge is 2.31. The fraction of sp³-hybridized carbons (Fsp3) is 0.846. The van der Waals surface area contributed by atoms with Crippen LogP contribution in [-0.4, -0.2) is 21.5 Å². The van der Waals surface area contributed by atoms with Crippen LogP contribution in [0.5, 0.6) is 0 Å². The summed E-state index contributed by atoms with van der Waals surface area (Å²) in [6, 6.07) is 0.577. The quantitative estimate of drug-likeness (QED) is 0.809. The summed E-state index contributed by atoms with van der Waals surface area (Å²) in [5.41, 5.74) is 3.01. The van der Waals surface area contributed by atoms with Crippen molar-refractivity contribution in [3.63, 3.8) is 0 Å². The van der Waals surface area contributed by atoms with E-state index in [9.17, 15) is 0 Å². The van der Waals surface area contributed by atoms with Crippen LogP contribution in [0.4, 0.5) is 0 Å². The first-order valence-electron chi connectivity index (χ1n) is 6.79. The third kappa shape index (κ3) is 2.10. The van der Waals surface area contributed by atoms with E-state index in [1.807, 2.05) is 0 Å². The molecule has 0 aromatic carbocycles. The van der Waals surface area contributed by atoms with Crippen LogP contribution in [0.3, 0.4) is 0 Å². The lowest BCUT2D eigenvalue weighted by Crippen LogP contribution is -2.29. The molecule has 0 saturated heterocycles. The van der Waals surface area contributed by atoms with Gasteiger partial charge in [0.05, 0.1) is 17.4 Å². The third-order valence-electron chi connectivity index (χ3n) is 4.23. The molecule has 3 rings (SSSR count). The number of nitrogens with zero attached hydrogens (tertiary/aromatic N) is 3. The Hall–Kier alpha value is -0.900. The Kier molecular flexibility index (Phi) is 2.69. The van der Waals surface area contributed by atoms with Crippen molar-refractivity contribution in [2.24, 2.45) is 5.41 Å². The second-order valence-electron chi connectivity index (χ2n) is 6.27. The molecule has 17 heavy (non-hydrogen) atoms. The maximum Gasteiger partial charge on any atom is 0.0997 e. The van der Waals surface area contributed by atoms with Gasteiger partial charge in [0.2, 0.25) is 0 Å². The highest BCUT2D eigenvalue weighted by molar-refractivity contribution is 5.14. The van der Waals surface area contributed by atoms with Crippen LogP contribution in [0.1, 0.15) is 57.0 Å². The van der Waals surface area contributed by atoms with E-state index in [2.05, 4.69) is 34.2 Å². The molecule has 2 heterocycles. The first kappa shape index (κ1) is 11.2. The minimum absolute atomic E-state index is 0.467. The van der Waals surface area contributed by atoms with Crippen molar-refractivity contribution >= 4 is 0 Å². The summed E-state index contributed by atoms with van der Waals surface area (Å²) in [4.78, 5) is 0. The Morgan fingerprint density at radius 1 is 1.41 bits per heavy atom. The highest BCUT2D eigenvalue weighted by Crippen LogP contribution is 2.41. The molecule has 1 aliphatic carbocycles. The zero-order chi connectivity index (χ0) is 11.9. The summed E-state index contributed by atoms with van der Waals surface area (Å²) < 4.78 is 2.23. The summed E-state index contributed by atoms with van der Waals surface area (Å²) in [6.45, 7) is 6.72. The third-order valence-corrected chi connectivity index (χ3v) is 4.23. The van der Waals surface area contributed by atoms with Crippen molar-refractivity contribution in [1.29, 1.82) is 0 Å². The Morgan fingerprint density at radius 2 is 2.29 bits per heavy atom. The van der Waals surface area contributed by atoms with E-state index in [-0.39, 0.29) is 0 Å². The molecule has 1 atom stereocenters. The molecule has 1 unspecified atom stereocenters. The molecule has 1 N–H and O–H groups in total. The van der Waals surface area contributed by atoms with E-state index in [1.54, 1.807) is 0 Å². The number of hydrogen-bond donors (Lipinski definition) is 1. The molecule has 1 saturated carbocycles. The normalized spacial score (nSPS) is 27.8. The van der Waals surface area contributed by atoms with Gasteiger partial charge in [-0.25, -0.2) is 4.68 Å². The van der Waals surface area contributed by atoms with E-state index in [1.165, 1.54) is 37.1 Å². The molecule has 1 aromatic heterocycles. The predicted octanol–water partition coefficient (Wildman–Crippen LogP) is 2.07. The van der Waals surface area contributed by atoms with E-state index < -0.39 is 0 Å². The largest absolute Gasteiger partial charge is 0.311 e. The van der Waals surface area contributed by atoms with Crippen LogP contribution in [-0.2, 0) is 13.0 Å². The molecular formula is C13H22N4. The Morgan fingerprint density at radius 3 is 3.12 bits per heavy atom. The number of nitrogens with one attached hydrogen (secondary N) is 1. The maximum absolute atomic E-state index is 4.41. The Balaban J connectivity index is 1.86. The summed E-state index contributed by atoms with van der Waals surface area (Å²) in [5, 5.41) is 12.1. The van der Waals surface area contributed by atoms with Gasteiger partial charge in [0.1, 0.15) is 0 Å². The van der Waals surface area contributed by atoms with Gasteiger partial charge < -0.3 is 5.32 Å². The summed E-state index contributed by atoms with van der Waals surface area (Å²) >= 11 is 0. The monoisotopic (exact) mass is 234 g/mol. The smallest absolute Gasteiger partial charge is 0.0997 e. The summed E-state index contributed by atoms with van der Waals surface area (Å²) in [7, 11) is 0. The average molecular weight is 234 g/mol. The SMILES string of the molecule is CC1(C)CCCC(n2nnc3c2CCNC3)C1. The first-order valence-corrected chi connectivity index (χ1v) is 6.79. The lowest BCUT2D eigenvalue weighted by atomic mass is 9.75. The van der Waals surface area contributed by atoms with Crippen LogP contribution >= 0.6 is 0 Å². The van der Waals surface area contributed by atoms with Crippen molar-refractivity contribution < 1.29 is 0 Å². The van der Waals surface area contributed by atoms with Crippen LogP contribution in [0.2, 0.25) is 0 Å². The number of aromatic nitrogens is 3. The Labute approximate surface area is 103 Å². The zero-order valence-electron chi connectivity index (χ0n) is 10.9. The molecule has 4 heteroatoms. The lowest BCUT2D eigenvalue weighted by Gasteiger charge is -2.35. The molecule has 1 fully saturated rings. The van der Waals surface area contributed by atoms with Gasteiger partial charge in [-0.05, 0) is 24.7 Å². The van der Waals surface area contributed by atoms with E-state index in [0.29, 0.717) is 11.5 Å². The van der Waals surface area contributed by atoms with Crippen molar-refractivity contribution in [2.75, 3.05) is 6.54 Å². The van der Waals surface area contributed by atoms with Gasteiger partial charge in [-0.1, -0.05) is 25.5 Å². The number of fused-ring (bicyclic) bond motifs is 1. The van der Waals surface area contributed by atoms with Gasteiger partial charge in [-0.15, -0.1) is 5.10 Å². The van der Waals surface area contributed by atoms with Crippen LogP contribution in [0.15, 0.2) is 0 Å². The van der Waals surface area contributed by atoms with E-state index in [0.717, 1.165) is 19.5 Å². The highest BCUT2D eigenvalue weighted by atomic mass is 15.4. The molecule has 2 aliphatic rings. The van der Waals surface area contributed by atoms with E-state index in [4.69, 9.17) is 0 Å². The average Bonchev–Trinajstić information content (AvgIpc) is 2.71. The molecule has 0 radical (unpaired) electrons. The van der Waals surface area contributed by atoms with Gasteiger partial charge >= 0.3 is 0 Å². The minimum Gasteiger partial charge on any atom is -0.311 e. The first-order chi connectivity index (χ1) is 8.16. The van der Waals surface area contributed by atoms with Gasteiger partial charge in [-0.2, -0.15) is 0 Å². The maximum atomic E-state index is 4.41. The van der Waals surface area contributed by atoms with Crippen LogP contribution in [0, 0.1) is 5.41 Å². The number of rotatable bonds is 1. The molecule has 0 bridgehead atoms. The molecule has 1 aromatic rings. The molecule has 0 spiro atoms. The molecular weight excluding hydrogens is 212 g/mol. The topological polar surface area (TPSA) is 42.7 Å². The number of hydrogen-bond acceptors (Lipinski definition) is 3. The molecule has 1 aliphatic heterocycles. The van der Waals surface area contributed by atoms with E-state index >= 15 is 0 Å². The van der Waals surface area contributed by atoms with Gasteiger partial charge in [-0.3, -0.25) is 0 Å². The fourth-order valence-corrected chi connectivity index (χ4v) is 3.32. The van der Waals surface area contributed by atoms with Crippen molar-refractivity contribution in [2.45, 2.75) is 58.5 Å². The molecule has 94 valence electrons. The van der Waals surface area contributed by atoms with Crippen molar-refractivity contribution in [1.82, 2.24) is 20.3 Å². The van der Waals surface area contributed by atoms with Crippen LogP contribution < -0.4 is 5.32 Å². The zero-order valence-corrected chi connectivity index (χ0v) is 10.9. The fourth-order valence-electron chi connectivity index (χ4n) is 3.32. The summed E-state index contributed by atoms with van der Waals surface area (Å²) in [6.07, 6.45) is 6.27. The predicted molar refractivity (Wildman–Crippen MR) is 66.7 cm³/mol. The second kappa shape index (κ2) is 4.09. The van der Waals surface area contributed by atoms with Gasteiger partial charge in [0, 0.05) is 19.5 Å². The standard InChI is InChI=1S/C13H22N4/c1-13(2)6-3-4-10(8-13)17-12-5-7-14-9-11(12)15-16-17/h10,14H,3-9H2,1-2H3. The van der Waals surface area contributed by atoms with Crippen LogP contribution in [0.25, 0.3) is 0 Å².